The first kappa shape index (κ1) is 13.1. The third kappa shape index (κ3) is 0.915. The van der Waals surface area contributed by atoms with Gasteiger partial charge in [0.2, 0.25) is 0 Å². The molecule has 2 aliphatic heterocycles. The second kappa shape index (κ2) is 3.49. The average Bonchev–Trinajstić information content (AvgIpc) is 3.36. The van der Waals surface area contributed by atoms with Gasteiger partial charge in [0, 0.05) is 0 Å². The molecule has 6 saturated carbocycles. The SMILES string of the molecule is OC[C@]12O[C@@H]3CC[C@@H]4[C@@H]3[C@@H]1[C@@H]1[C@H]3[C@@H]5[C@H]6[C@@H](CC[C@@H]6O[C@]5(CO)[C@@H]41)[C@@H]32. The van der Waals surface area contributed by atoms with Crippen LogP contribution in [0.15, 0.2) is 0 Å². The van der Waals surface area contributed by atoms with Crippen molar-refractivity contribution in [2.24, 2.45) is 59.2 Å². The Kier molecular flexibility index (Phi) is 1.90. The van der Waals surface area contributed by atoms with Crippen molar-refractivity contribution in [2.75, 3.05) is 13.2 Å². The Hall–Kier alpha value is -0.160. The van der Waals surface area contributed by atoms with Gasteiger partial charge >= 0.3 is 0 Å². The van der Waals surface area contributed by atoms with Gasteiger partial charge < -0.3 is 19.7 Å². The number of ether oxygens (including phenoxy) is 2. The first-order valence-corrected chi connectivity index (χ1v) is 10.3. The second-order valence-corrected chi connectivity index (χ2v) is 10.4. The van der Waals surface area contributed by atoms with Gasteiger partial charge in [-0.25, -0.2) is 0 Å². The molecule has 4 nitrogen and oxygen atoms in total. The van der Waals surface area contributed by atoms with E-state index in [1.807, 2.05) is 0 Å². The summed E-state index contributed by atoms with van der Waals surface area (Å²) >= 11 is 0. The average molecular weight is 330 g/mol. The van der Waals surface area contributed by atoms with Crippen molar-refractivity contribution in [1.82, 2.24) is 0 Å². The van der Waals surface area contributed by atoms with Crippen LogP contribution in [0.5, 0.6) is 0 Å². The first-order chi connectivity index (χ1) is 11.8. The Bertz CT molecular complexity index is 610. The van der Waals surface area contributed by atoms with E-state index in [0.29, 0.717) is 71.4 Å². The molecular formula is C20H26O4. The van der Waals surface area contributed by atoms with Crippen molar-refractivity contribution in [3.63, 3.8) is 0 Å². The van der Waals surface area contributed by atoms with Crippen molar-refractivity contribution >= 4 is 0 Å². The molecular weight excluding hydrogens is 304 g/mol. The maximum atomic E-state index is 10.6. The predicted octanol–water partition coefficient (Wildman–Crippen LogP) is 1.05. The molecule has 24 heavy (non-hydrogen) atoms. The third-order valence-electron chi connectivity index (χ3n) is 10.8. The highest BCUT2D eigenvalue weighted by Gasteiger charge is 2.89. The molecule has 130 valence electrons. The molecule has 2 saturated heterocycles. The fraction of sp³-hybridized carbons (Fsp3) is 1.00. The normalized spacial score (nSPS) is 77.2. The van der Waals surface area contributed by atoms with Crippen molar-refractivity contribution in [1.29, 1.82) is 0 Å². The summed E-state index contributed by atoms with van der Waals surface area (Å²) in [4.78, 5) is 0. The molecule has 0 unspecified atom stereocenters. The van der Waals surface area contributed by atoms with E-state index >= 15 is 0 Å². The monoisotopic (exact) mass is 330 g/mol. The zero-order valence-electron chi connectivity index (χ0n) is 13.9. The van der Waals surface area contributed by atoms with Crippen molar-refractivity contribution in [2.45, 2.75) is 49.1 Å². The van der Waals surface area contributed by atoms with E-state index in [1.165, 1.54) is 12.8 Å². The van der Waals surface area contributed by atoms with Gasteiger partial charge in [-0.15, -0.1) is 0 Å². The van der Waals surface area contributed by atoms with Crippen molar-refractivity contribution < 1.29 is 19.7 Å². The number of rotatable bonds is 2. The fourth-order valence-corrected chi connectivity index (χ4v) is 11.1. The molecule has 4 heteroatoms. The van der Waals surface area contributed by atoms with Gasteiger partial charge in [0.05, 0.1) is 36.6 Å². The molecule has 2 heterocycles. The first-order valence-electron chi connectivity index (χ1n) is 10.3. The van der Waals surface area contributed by atoms with E-state index in [2.05, 4.69) is 0 Å². The van der Waals surface area contributed by atoms with Crippen LogP contribution in [-0.4, -0.2) is 46.8 Å². The van der Waals surface area contributed by atoms with Gasteiger partial charge in [0.15, 0.2) is 0 Å². The number of aliphatic hydroxyl groups excluding tert-OH is 2. The molecule has 14 atom stereocenters. The van der Waals surface area contributed by atoms with Crippen LogP contribution >= 0.6 is 0 Å². The van der Waals surface area contributed by atoms with Gasteiger partial charge in [-0.1, -0.05) is 0 Å². The number of hydrogen-bond donors (Lipinski definition) is 2. The highest BCUT2D eigenvalue weighted by molar-refractivity contribution is 5.36. The molecule has 0 radical (unpaired) electrons. The van der Waals surface area contributed by atoms with Crippen molar-refractivity contribution in [3.05, 3.63) is 0 Å². The summed E-state index contributed by atoms with van der Waals surface area (Å²) in [7, 11) is 0. The Balaban J connectivity index is 1.44. The summed E-state index contributed by atoms with van der Waals surface area (Å²) in [5.41, 5.74) is -0.465. The zero-order chi connectivity index (χ0) is 15.6. The van der Waals surface area contributed by atoms with Crippen LogP contribution in [0.25, 0.3) is 0 Å². The topological polar surface area (TPSA) is 58.9 Å². The largest absolute Gasteiger partial charge is 0.393 e. The number of aliphatic hydroxyl groups is 2. The van der Waals surface area contributed by atoms with E-state index in [1.54, 1.807) is 0 Å². The molecule has 0 aromatic carbocycles. The maximum absolute atomic E-state index is 10.6. The predicted molar refractivity (Wildman–Crippen MR) is 82.7 cm³/mol. The minimum Gasteiger partial charge on any atom is -0.393 e. The number of hydrogen-bond acceptors (Lipinski definition) is 4. The van der Waals surface area contributed by atoms with Gasteiger partial charge in [-0.2, -0.15) is 0 Å². The Morgan fingerprint density at radius 1 is 0.625 bits per heavy atom. The van der Waals surface area contributed by atoms with Crippen LogP contribution in [0.1, 0.15) is 25.7 Å². The molecule has 8 rings (SSSR count). The molecule has 8 aliphatic rings. The smallest absolute Gasteiger partial charge is 0.0983 e. The molecule has 0 amide bonds. The van der Waals surface area contributed by atoms with Crippen LogP contribution in [-0.2, 0) is 9.47 Å². The lowest BCUT2D eigenvalue weighted by Crippen LogP contribution is -2.48. The third-order valence-corrected chi connectivity index (χ3v) is 10.8. The summed E-state index contributed by atoms with van der Waals surface area (Å²) in [6, 6.07) is 0. The summed E-state index contributed by atoms with van der Waals surface area (Å²) in [6.07, 6.45) is 5.59. The minimum atomic E-state index is -0.233. The Labute approximate surface area is 141 Å². The van der Waals surface area contributed by atoms with E-state index in [0.717, 1.165) is 12.8 Å². The van der Waals surface area contributed by atoms with Crippen LogP contribution < -0.4 is 0 Å². The van der Waals surface area contributed by atoms with E-state index in [4.69, 9.17) is 9.47 Å². The van der Waals surface area contributed by atoms with Gasteiger partial charge in [-0.3, -0.25) is 0 Å². The number of fused-ring (bicyclic) bond motifs is 4. The lowest BCUT2D eigenvalue weighted by molar-refractivity contribution is -0.147. The standard InChI is InChI=1S/C20H26O4/c21-5-19-15-7-1-3-9-11(7)17-13(15)14-16(20(17,6-22)23-9)8-2-4-10(24-19)12(8)18(14)19/h7-18,21-22H,1-6H2/t7-,8-,9-,10+,11+,12+,13-,14-,15+,16+,17-,18+,19-,20-/m1/s1. The highest BCUT2D eigenvalue weighted by atomic mass is 16.5. The Morgan fingerprint density at radius 3 is 1.50 bits per heavy atom. The summed E-state index contributed by atoms with van der Waals surface area (Å²) in [5, 5.41) is 21.2. The van der Waals surface area contributed by atoms with Crippen LogP contribution in [0.4, 0.5) is 0 Å². The molecule has 2 N–H and O–H groups in total. The second-order valence-electron chi connectivity index (χ2n) is 10.4. The lowest BCUT2D eigenvalue weighted by atomic mass is 9.72. The summed E-state index contributed by atoms with van der Waals surface area (Å²) < 4.78 is 13.6. The summed E-state index contributed by atoms with van der Waals surface area (Å²) in [5.74, 6) is 6.15. The van der Waals surface area contributed by atoms with Crippen LogP contribution in [0, 0.1) is 59.2 Å². The van der Waals surface area contributed by atoms with E-state index in [9.17, 15) is 10.2 Å². The zero-order valence-corrected chi connectivity index (χ0v) is 13.9. The molecule has 0 bridgehead atoms. The van der Waals surface area contributed by atoms with Crippen LogP contribution in [0.2, 0.25) is 0 Å². The quantitative estimate of drug-likeness (QED) is 0.795. The summed E-state index contributed by atoms with van der Waals surface area (Å²) in [6.45, 7) is 0.463. The maximum Gasteiger partial charge on any atom is 0.0983 e. The van der Waals surface area contributed by atoms with Gasteiger partial charge in [-0.05, 0) is 84.9 Å². The molecule has 0 spiro atoms. The molecule has 6 aliphatic carbocycles. The minimum absolute atomic E-state index is 0.232. The Morgan fingerprint density at radius 2 is 1.08 bits per heavy atom. The van der Waals surface area contributed by atoms with E-state index < -0.39 is 0 Å². The highest BCUT2D eigenvalue weighted by Crippen LogP contribution is 2.86. The molecule has 0 aromatic heterocycles. The molecule has 0 aromatic rings. The van der Waals surface area contributed by atoms with E-state index in [-0.39, 0.29) is 24.4 Å². The van der Waals surface area contributed by atoms with Crippen LogP contribution in [0.3, 0.4) is 0 Å². The lowest BCUT2D eigenvalue weighted by Gasteiger charge is -2.38. The fourth-order valence-electron chi connectivity index (χ4n) is 11.1. The van der Waals surface area contributed by atoms with Crippen molar-refractivity contribution in [3.8, 4) is 0 Å². The van der Waals surface area contributed by atoms with Gasteiger partial charge in [0.1, 0.15) is 0 Å². The molecule has 8 fully saturated rings. The van der Waals surface area contributed by atoms with Gasteiger partial charge in [0.25, 0.3) is 0 Å².